The Morgan fingerprint density at radius 1 is 0.317 bits per heavy atom. The molecule has 1 aliphatic carbocycles. The van der Waals surface area contributed by atoms with Crippen molar-refractivity contribution in [2.75, 3.05) is 4.90 Å². The number of rotatable bonds is 7. The van der Waals surface area contributed by atoms with Gasteiger partial charge in [-0.2, -0.15) is 0 Å². The lowest BCUT2D eigenvalue weighted by Gasteiger charge is -2.30. The van der Waals surface area contributed by atoms with Crippen LogP contribution in [0.4, 0.5) is 17.1 Å². The van der Waals surface area contributed by atoms with Crippen LogP contribution in [0, 0.1) is 0 Å². The van der Waals surface area contributed by atoms with E-state index in [2.05, 4.69) is 243 Å². The predicted molar refractivity (Wildman–Crippen MR) is 255 cm³/mol. The van der Waals surface area contributed by atoms with Crippen LogP contribution in [-0.4, -0.2) is 0 Å². The second kappa shape index (κ2) is 14.4. The average Bonchev–Trinajstić information content (AvgIpc) is 3.55. The fraction of sp³-hybridized carbons (Fsp3) is 0.0508. The monoisotopic (exact) mass is 765 g/mol. The zero-order chi connectivity index (χ0) is 40.2. The highest BCUT2D eigenvalue weighted by molar-refractivity contribution is 6.09. The third-order valence-corrected chi connectivity index (χ3v) is 12.7. The molecule has 0 amide bonds. The highest BCUT2D eigenvalue weighted by atomic mass is 15.1. The molecule has 0 radical (unpaired) electrons. The first-order valence-corrected chi connectivity index (χ1v) is 20.9. The molecule has 11 rings (SSSR count). The van der Waals surface area contributed by atoms with Crippen LogP contribution in [0.3, 0.4) is 0 Å². The maximum absolute atomic E-state index is 2.49. The molecule has 0 aliphatic heterocycles. The smallest absolute Gasteiger partial charge is 0.0546 e. The topological polar surface area (TPSA) is 3.24 Å². The van der Waals surface area contributed by atoms with Gasteiger partial charge in [0.25, 0.3) is 0 Å². The highest BCUT2D eigenvalue weighted by Crippen LogP contribution is 2.53. The van der Waals surface area contributed by atoms with Crippen LogP contribution >= 0.6 is 0 Å². The summed E-state index contributed by atoms with van der Waals surface area (Å²) in [6, 6.07) is 82.5. The van der Waals surface area contributed by atoms with Gasteiger partial charge in [-0.25, -0.2) is 0 Å². The Morgan fingerprint density at radius 2 is 0.850 bits per heavy atom. The van der Waals surface area contributed by atoms with Gasteiger partial charge in [-0.05, 0) is 113 Å². The quantitative estimate of drug-likeness (QED) is 0.146. The van der Waals surface area contributed by atoms with Crippen LogP contribution < -0.4 is 4.90 Å². The molecule has 0 N–H and O–H groups in total. The van der Waals surface area contributed by atoms with Crippen LogP contribution in [0.15, 0.2) is 224 Å². The van der Waals surface area contributed by atoms with Gasteiger partial charge in [0, 0.05) is 22.4 Å². The van der Waals surface area contributed by atoms with E-state index in [1.54, 1.807) is 0 Å². The van der Waals surface area contributed by atoms with E-state index in [9.17, 15) is 0 Å². The van der Waals surface area contributed by atoms with Gasteiger partial charge in [-0.1, -0.05) is 208 Å². The van der Waals surface area contributed by atoms with Gasteiger partial charge in [0.05, 0.1) is 5.69 Å². The van der Waals surface area contributed by atoms with Crippen molar-refractivity contribution in [3.05, 3.63) is 236 Å². The summed E-state index contributed by atoms with van der Waals surface area (Å²) in [5.41, 5.74) is 18.2. The molecule has 1 aliphatic rings. The molecule has 10 aromatic rings. The van der Waals surface area contributed by atoms with Gasteiger partial charge in [0.2, 0.25) is 0 Å². The Kier molecular flexibility index (Phi) is 8.57. The molecule has 0 atom stereocenters. The molecule has 0 aromatic heterocycles. The van der Waals surface area contributed by atoms with E-state index in [4.69, 9.17) is 0 Å². The lowest BCUT2D eigenvalue weighted by Crippen LogP contribution is -2.14. The van der Waals surface area contributed by atoms with Crippen LogP contribution in [0.1, 0.15) is 25.0 Å². The zero-order valence-electron chi connectivity index (χ0n) is 33.8. The van der Waals surface area contributed by atoms with Gasteiger partial charge < -0.3 is 4.90 Å². The van der Waals surface area contributed by atoms with E-state index < -0.39 is 0 Å². The van der Waals surface area contributed by atoms with Gasteiger partial charge in [-0.3, -0.25) is 0 Å². The Bertz CT molecular complexity index is 3230. The van der Waals surface area contributed by atoms with Crippen LogP contribution in [0.2, 0.25) is 0 Å². The SMILES string of the molecule is CC1(C)c2ccccc2-c2c(-c3cccc(N(c4ccc5c(ccc6ccccc65)c4)c4cccc(-c5ccccc5)c4-c4ccccc4-c4ccccc4)c3)cccc21. The number of nitrogens with zero attached hydrogens (tertiary/aromatic N) is 1. The molecule has 0 spiro atoms. The van der Waals surface area contributed by atoms with Crippen molar-refractivity contribution in [3.8, 4) is 55.6 Å². The van der Waals surface area contributed by atoms with Gasteiger partial charge in [0.1, 0.15) is 0 Å². The summed E-state index contributed by atoms with van der Waals surface area (Å²) in [6.07, 6.45) is 0. The molecule has 1 heteroatoms. The summed E-state index contributed by atoms with van der Waals surface area (Å²) in [6.45, 7) is 4.72. The summed E-state index contributed by atoms with van der Waals surface area (Å²) >= 11 is 0. The van der Waals surface area contributed by atoms with Crippen LogP contribution in [0.5, 0.6) is 0 Å². The zero-order valence-corrected chi connectivity index (χ0v) is 33.8. The molecular formula is C59H43N. The molecule has 0 fully saturated rings. The first-order valence-electron chi connectivity index (χ1n) is 20.9. The van der Waals surface area contributed by atoms with Crippen molar-refractivity contribution in [1.82, 2.24) is 0 Å². The molecule has 10 aromatic carbocycles. The van der Waals surface area contributed by atoms with Crippen LogP contribution in [-0.2, 0) is 5.41 Å². The van der Waals surface area contributed by atoms with E-state index >= 15 is 0 Å². The Balaban J connectivity index is 1.19. The first-order chi connectivity index (χ1) is 29.5. The molecule has 1 nitrogen and oxygen atoms in total. The number of hydrogen-bond acceptors (Lipinski definition) is 1. The second-order valence-corrected chi connectivity index (χ2v) is 16.5. The molecule has 0 unspecified atom stereocenters. The average molecular weight is 766 g/mol. The van der Waals surface area contributed by atoms with E-state index in [1.165, 1.54) is 88.3 Å². The predicted octanol–water partition coefficient (Wildman–Crippen LogP) is 16.4. The molecule has 0 heterocycles. The van der Waals surface area contributed by atoms with Gasteiger partial charge in [-0.15, -0.1) is 0 Å². The number of anilines is 3. The Labute approximate surface area is 352 Å². The summed E-state index contributed by atoms with van der Waals surface area (Å²) in [4.78, 5) is 2.49. The number of hydrogen-bond donors (Lipinski definition) is 0. The third-order valence-electron chi connectivity index (χ3n) is 12.7. The lowest BCUT2D eigenvalue weighted by molar-refractivity contribution is 0.660. The fourth-order valence-corrected chi connectivity index (χ4v) is 9.81. The van der Waals surface area contributed by atoms with Gasteiger partial charge >= 0.3 is 0 Å². The van der Waals surface area contributed by atoms with E-state index in [1.807, 2.05) is 0 Å². The standard InChI is InChI=1S/C59H43N/c1-59(2)54-31-14-13-28-53(54)57-51(29-16-32-55(57)59)43-23-15-24-45(38-43)60(46-36-37-49-44(39-46)35-34-42-22-9-10-25-47(42)49)56-33-17-30-50(41-20-7-4-8-21-41)58(56)52-27-12-11-26-48(52)40-18-5-3-6-19-40/h3-39H,1-2H3. The van der Waals surface area contributed by atoms with E-state index in [0.717, 1.165) is 17.1 Å². The van der Waals surface area contributed by atoms with Crippen molar-refractivity contribution in [1.29, 1.82) is 0 Å². The summed E-state index contributed by atoms with van der Waals surface area (Å²) in [7, 11) is 0. The number of benzene rings is 10. The van der Waals surface area contributed by atoms with Crippen molar-refractivity contribution < 1.29 is 0 Å². The fourth-order valence-electron chi connectivity index (χ4n) is 9.81. The normalized spacial score (nSPS) is 12.6. The molecule has 0 bridgehead atoms. The number of fused-ring (bicyclic) bond motifs is 6. The summed E-state index contributed by atoms with van der Waals surface area (Å²) in [5.74, 6) is 0. The van der Waals surface area contributed by atoms with Crippen molar-refractivity contribution in [3.63, 3.8) is 0 Å². The van der Waals surface area contributed by atoms with Crippen molar-refractivity contribution in [2.45, 2.75) is 19.3 Å². The Morgan fingerprint density at radius 3 is 1.65 bits per heavy atom. The minimum atomic E-state index is -0.0836. The van der Waals surface area contributed by atoms with E-state index in [0.29, 0.717) is 0 Å². The maximum Gasteiger partial charge on any atom is 0.0546 e. The molecule has 284 valence electrons. The van der Waals surface area contributed by atoms with Crippen molar-refractivity contribution in [2.24, 2.45) is 0 Å². The maximum atomic E-state index is 2.49. The molecule has 0 saturated heterocycles. The summed E-state index contributed by atoms with van der Waals surface area (Å²) in [5, 5.41) is 4.97. The first kappa shape index (κ1) is 35.7. The molecule has 60 heavy (non-hydrogen) atoms. The summed E-state index contributed by atoms with van der Waals surface area (Å²) < 4.78 is 0. The minimum absolute atomic E-state index is 0.0836. The van der Waals surface area contributed by atoms with E-state index in [-0.39, 0.29) is 5.41 Å². The highest BCUT2D eigenvalue weighted by Gasteiger charge is 2.36. The van der Waals surface area contributed by atoms with Gasteiger partial charge in [0.15, 0.2) is 0 Å². The minimum Gasteiger partial charge on any atom is -0.310 e. The Hall–Kier alpha value is -7.48. The largest absolute Gasteiger partial charge is 0.310 e. The molecular weight excluding hydrogens is 723 g/mol. The van der Waals surface area contributed by atoms with Crippen LogP contribution in [0.25, 0.3) is 77.2 Å². The second-order valence-electron chi connectivity index (χ2n) is 16.5. The lowest BCUT2D eigenvalue weighted by atomic mass is 9.82. The molecule has 0 saturated carbocycles. The van der Waals surface area contributed by atoms with Crippen molar-refractivity contribution >= 4 is 38.6 Å². The third kappa shape index (κ3) is 5.85.